The molecular formula is C8H13IN2O2. The lowest BCUT2D eigenvalue weighted by Crippen LogP contribution is -2.48. The summed E-state index contributed by atoms with van der Waals surface area (Å²) in [4.78, 5) is 13.6. The molecule has 1 N–H and O–H groups in total. The quantitative estimate of drug-likeness (QED) is 0.546. The lowest BCUT2D eigenvalue weighted by molar-refractivity contribution is -0.125. The molecule has 2 atom stereocenters. The Labute approximate surface area is 91.1 Å². The molecule has 74 valence electrons. The number of carbonyl (C=O) groups is 1. The van der Waals surface area contributed by atoms with Gasteiger partial charge in [0.2, 0.25) is 5.91 Å². The zero-order valence-electron chi connectivity index (χ0n) is 7.33. The number of rotatable bonds is 1. The average Bonchev–Trinajstić information content (AvgIpc) is 2.51. The fraction of sp³-hybridized carbons (Fsp3) is 0.875. The highest BCUT2D eigenvalue weighted by Crippen LogP contribution is 2.17. The van der Waals surface area contributed by atoms with Crippen LogP contribution in [0.1, 0.15) is 6.42 Å². The summed E-state index contributed by atoms with van der Waals surface area (Å²) in [6.07, 6.45) is 0.947. The number of hydrogen-bond acceptors (Lipinski definition) is 3. The van der Waals surface area contributed by atoms with Crippen LogP contribution < -0.4 is 5.32 Å². The van der Waals surface area contributed by atoms with Gasteiger partial charge in [-0.25, -0.2) is 0 Å². The first kappa shape index (κ1) is 9.67. The Morgan fingerprint density at radius 3 is 3.08 bits per heavy atom. The summed E-state index contributed by atoms with van der Waals surface area (Å²) < 4.78 is 5.65. The first-order chi connectivity index (χ1) is 6.27. The second-order valence-electron chi connectivity index (χ2n) is 3.37. The second kappa shape index (κ2) is 4.10. The number of morpholine rings is 1. The van der Waals surface area contributed by atoms with Gasteiger partial charge >= 0.3 is 0 Å². The second-order valence-corrected chi connectivity index (χ2v) is 4.76. The number of alkyl halides is 1. The Kier molecular flexibility index (Phi) is 3.05. The smallest absolute Gasteiger partial charge is 0.237 e. The Bertz CT molecular complexity index is 212. The summed E-state index contributed by atoms with van der Waals surface area (Å²) in [5.74, 6) is 0.186. The Morgan fingerprint density at radius 1 is 1.62 bits per heavy atom. The molecule has 2 unspecified atom stereocenters. The third kappa shape index (κ3) is 2.13. The lowest BCUT2D eigenvalue weighted by Gasteiger charge is -2.33. The van der Waals surface area contributed by atoms with Crippen molar-refractivity contribution in [2.45, 2.75) is 16.6 Å². The van der Waals surface area contributed by atoms with Crippen LogP contribution in [0.15, 0.2) is 0 Å². The molecule has 13 heavy (non-hydrogen) atoms. The van der Waals surface area contributed by atoms with E-state index in [-0.39, 0.29) is 16.1 Å². The molecule has 0 radical (unpaired) electrons. The molecule has 0 spiro atoms. The van der Waals surface area contributed by atoms with Crippen molar-refractivity contribution < 1.29 is 9.53 Å². The van der Waals surface area contributed by atoms with Gasteiger partial charge in [0, 0.05) is 19.6 Å². The molecular weight excluding hydrogens is 283 g/mol. The fourth-order valence-electron chi connectivity index (χ4n) is 1.84. The Hall–Kier alpha value is 0.120. The van der Waals surface area contributed by atoms with Crippen LogP contribution in [0.4, 0.5) is 0 Å². The fourth-order valence-corrected chi connectivity index (χ4v) is 2.60. The van der Waals surface area contributed by atoms with Crippen molar-refractivity contribution >= 4 is 28.5 Å². The monoisotopic (exact) mass is 296 g/mol. The maximum absolute atomic E-state index is 11.4. The van der Waals surface area contributed by atoms with E-state index >= 15 is 0 Å². The highest BCUT2D eigenvalue weighted by atomic mass is 127. The van der Waals surface area contributed by atoms with Gasteiger partial charge in [0.25, 0.3) is 0 Å². The summed E-state index contributed by atoms with van der Waals surface area (Å²) in [6.45, 7) is 3.33. The van der Waals surface area contributed by atoms with Gasteiger partial charge in [0.05, 0.1) is 12.6 Å². The van der Waals surface area contributed by atoms with Crippen molar-refractivity contribution in [3.63, 3.8) is 0 Å². The van der Waals surface area contributed by atoms with E-state index in [4.69, 9.17) is 4.74 Å². The normalized spacial score (nSPS) is 36.2. The van der Waals surface area contributed by atoms with Crippen LogP contribution in [-0.4, -0.2) is 47.2 Å². The van der Waals surface area contributed by atoms with Crippen molar-refractivity contribution in [1.29, 1.82) is 0 Å². The van der Waals surface area contributed by atoms with Gasteiger partial charge in [0.15, 0.2) is 0 Å². The number of nitrogens with zero attached hydrogens (tertiary/aromatic N) is 1. The summed E-state index contributed by atoms with van der Waals surface area (Å²) in [6, 6.07) is 0.0983. The predicted octanol–water partition coefficient (Wildman–Crippen LogP) is -0.0318. The van der Waals surface area contributed by atoms with Crippen LogP contribution in [0, 0.1) is 0 Å². The van der Waals surface area contributed by atoms with E-state index in [9.17, 15) is 4.79 Å². The maximum atomic E-state index is 11.4. The van der Waals surface area contributed by atoms with Crippen molar-refractivity contribution in [2.75, 3.05) is 26.2 Å². The molecule has 2 rings (SSSR count). The van der Waals surface area contributed by atoms with Crippen LogP contribution in [0.25, 0.3) is 0 Å². The molecule has 2 aliphatic heterocycles. The molecule has 0 aliphatic carbocycles. The molecule has 2 fully saturated rings. The minimum Gasteiger partial charge on any atom is -0.365 e. The SMILES string of the molecule is O=C1NCCC1N1CCOC(I)C1. The van der Waals surface area contributed by atoms with E-state index < -0.39 is 0 Å². The standard InChI is InChI=1S/C8H13IN2O2/c9-7-5-11(3-4-13-7)6-1-2-10-8(6)12/h6-7H,1-5H2,(H,10,12). The van der Waals surface area contributed by atoms with Crippen molar-refractivity contribution in [2.24, 2.45) is 0 Å². The van der Waals surface area contributed by atoms with E-state index in [1.54, 1.807) is 0 Å². The predicted molar refractivity (Wildman–Crippen MR) is 56.7 cm³/mol. The van der Waals surface area contributed by atoms with Crippen molar-refractivity contribution in [3.8, 4) is 0 Å². The summed E-state index contributed by atoms with van der Waals surface area (Å²) >= 11 is 2.27. The number of carbonyl (C=O) groups excluding carboxylic acids is 1. The van der Waals surface area contributed by atoms with E-state index in [1.165, 1.54) is 0 Å². The van der Waals surface area contributed by atoms with Gasteiger partial charge in [-0.15, -0.1) is 0 Å². The van der Waals surface area contributed by atoms with Gasteiger partial charge in [0.1, 0.15) is 4.11 Å². The van der Waals surface area contributed by atoms with E-state index in [0.717, 1.165) is 32.7 Å². The molecule has 0 aromatic carbocycles. The van der Waals surface area contributed by atoms with Crippen LogP contribution in [-0.2, 0) is 9.53 Å². The zero-order chi connectivity index (χ0) is 9.26. The van der Waals surface area contributed by atoms with Crippen LogP contribution in [0.3, 0.4) is 0 Å². The minimum atomic E-state index is 0.0983. The third-order valence-corrected chi connectivity index (χ3v) is 3.27. The molecule has 0 aromatic heterocycles. The van der Waals surface area contributed by atoms with Gasteiger partial charge in [-0.1, -0.05) is 0 Å². The molecule has 2 aliphatic rings. The highest BCUT2D eigenvalue weighted by Gasteiger charge is 2.32. The van der Waals surface area contributed by atoms with Crippen LogP contribution in [0.5, 0.6) is 0 Å². The molecule has 4 nitrogen and oxygen atoms in total. The first-order valence-corrected chi connectivity index (χ1v) is 5.79. The molecule has 1 amide bonds. The maximum Gasteiger partial charge on any atom is 0.237 e. The number of hydrogen-bond donors (Lipinski definition) is 1. The average molecular weight is 296 g/mol. The van der Waals surface area contributed by atoms with Gasteiger partial charge in [-0.2, -0.15) is 0 Å². The zero-order valence-corrected chi connectivity index (χ0v) is 9.49. The summed E-state index contributed by atoms with van der Waals surface area (Å²) in [5.41, 5.74) is 0. The van der Waals surface area contributed by atoms with Crippen molar-refractivity contribution in [3.05, 3.63) is 0 Å². The van der Waals surface area contributed by atoms with E-state index in [1.807, 2.05) is 0 Å². The lowest BCUT2D eigenvalue weighted by atomic mass is 10.2. The van der Waals surface area contributed by atoms with E-state index in [2.05, 4.69) is 32.8 Å². The number of amides is 1. The topological polar surface area (TPSA) is 41.6 Å². The van der Waals surface area contributed by atoms with Gasteiger partial charge < -0.3 is 10.1 Å². The minimum absolute atomic E-state index is 0.0983. The van der Waals surface area contributed by atoms with Gasteiger partial charge in [-0.3, -0.25) is 9.69 Å². The molecule has 0 aromatic rings. The van der Waals surface area contributed by atoms with Crippen molar-refractivity contribution in [1.82, 2.24) is 10.2 Å². The molecule has 2 saturated heterocycles. The molecule has 0 bridgehead atoms. The first-order valence-electron chi connectivity index (χ1n) is 4.55. The van der Waals surface area contributed by atoms with Gasteiger partial charge in [-0.05, 0) is 29.0 Å². The summed E-state index contributed by atoms with van der Waals surface area (Å²) in [5, 5.41) is 2.86. The summed E-state index contributed by atoms with van der Waals surface area (Å²) in [7, 11) is 0. The number of halogens is 1. The molecule has 5 heteroatoms. The van der Waals surface area contributed by atoms with E-state index in [0.29, 0.717) is 0 Å². The third-order valence-electron chi connectivity index (χ3n) is 2.52. The highest BCUT2D eigenvalue weighted by molar-refractivity contribution is 14.1. The number of nitrogens with one attached hydrogen (secondary N) is 1. The van der Waals surface area contributed by atoms with Crippen LogP contribution >= 0.6 is 22.6 Å². The molecule has 0 saturated carbocycles. The Morgan fingerprint density at radius 2 is 2.46 bits per heavy atom. The Balaban J connectivity index is 1.95. The molecule has 2 heterocycles. The number of ether oxygens (including phenoxy) is 1. The van der Waals surface area contributed by atoms with Crippen LogP contribution in [0.2, 0.25) is 0 Å². The largest absolute Gasteiger partial charge is 0.365 e.